The Bertz CT molecular complexity index is 247. The van der Waals surface area contributed by atoms with Gasteiger partial charge in [0.15, 0.2) is 0 Å². The largest absolute Gasteiger partial charge is 0.481 e. The number of hydrogen-bond acceptors (Lipinski definition) is 2. The highest BCUT2D eigenvalue weighted by molar-refractivity contribution is 5.72. The summed E-state index contributed by atoms with van der Waals surface area (Å²) in [5.41, 5.74) is -0.242. The maximum Gasteiger partial charge on any atom is 0.306 e. The Morgan fingerprint density at radius 1 is 1.55 bits per heavy atom. The zero-order valence-electron chi connectivity index (χ0n) is 6.08. The van der Waals surface area contributed by atoms with Gasteiger partial charge in [-0.3, -0.25) is 4.79 Å². The fraction of sp³-hybridized carbons (Fsp3) is 0.750. The van der Waals surface area contributed by atoms with E-state index < -0.39 is 5.97 Å². The Morgan fingerprint density at radius 2 is 2.18 bits per heavy atom. The summed E-state index contributed by atoms with van der Waals surface area (Å²) < 4.78 is 0. The summed E-state index contributed by atoms with van der Waals surface area (Å²) in [7, 11) is 0. The van der Waals surface area contributed by atoms with Crippen molar-refractivity contribution in [2.75, 3.05) is 0 Å². The molecule has 0 aromatic carbocycles. The minimum Gasteiger partial charge on any atom is -0.481 e. The monoisotopic (exact) mass is 151 g/mol. The van der Waals surface area contributed by atoms with Crippen molar-refractivity contribution < 1.29 is 9.90 Å². The van der Waals surface area contributed by atoms with Gasteiger partial charge in [-0.2, -0.15) is 5.26 Å². The van der Waals surface area contributed by atoms with Crippen molar-refractivity contribution in [3.8, 4) is 6.07 Å². The summed E-state index contributed by atoms with van der Waals surface area (Å²) in [5, 5.41) is 17.4. The van der Waals surface area contributed by atoms with E-state index in [2.05, 4.69) is 6.07 Å². The van der Waals surface area contributed by atoms with Crippen LogP contribution in [0.1, 0.15) is 19.3 Å². The number of carboxylic acid groups (broad SMARTS) is 1. The average Bonchev–Trinajstić information content (AvgIpc) is 2.38. The summed E-state index contributed by atoms with van der Waals surface area (Å²) in [6.45, 7) is 0. The number of aliphatic carboxylic acids is 1. The molecule has 0 spiro atoms. The van der Waals surface area contributed by atoms with Crippen LogP contribution in [0.4, 0.5) is 0 Å². The minimum absolute atomic E-state index is 0.227. The lowest BCUT2D eigenvalue weighted by Crippen LogP contribution is -2.27. The number of hydrogen-bond donors (Lipinski definition) is 1. The molecule has 1 atom stereocenters. The molecule has 3 fully saturated rings. The van der Waals surface area contributed by atoms with Crippen LogP contribution >= 0.6 is 0 Å². The molecule has 1 unspecified atom stereocenters. The molecular formula is C8H9NO2. The molecule has 58 valence electrons. The first-order chi connectivity index (χ1) is 5.17. The lowest BCUT2D eigenvalue weighted by Gasteiger charge is -2.31. The van der Waals surface area contributed by atoms with Crippen LogP contribution < -0.4 is 0 Å². The highest BCUT2D eigenvalue weighted by Gasteiger charge is 2.58. The first-order valence-electron chi connectivity index (χ1n) is 3.81. The van der Waals surface area contributed by atoms with E-state index in [1.807, 2.05) is 0 Å². The van der Waals surface area contributed by atoms with Crippen molar-refractivity contribution in [3.63, 3.8) is 0 Å². The topological polar surface area (TPSA) is 61.1 Å². The predicted molar refractivity (Wildman–Crippen MR) is 36.5 cm³/mol. The van der Waals surface area contributed by atoms with Gasteiger partial charge < -0.3 is 5.11 Å². The molecule has 0 aliphatic heterocycles. The van der Waals surface area contributed by atoms with Gasteiger partial charge in [-0.25, -0.2) is 0 Å². The zero-order chi connectivity index (χ0) is 8.06. The first-order valence-corrected chi connectivity index (χ1v) is 3.81. The van der Waals surface area contributed by atoms with E-state index in [1.165, 1.54) is 0 Å². The third kappa shape index (κ3) is 0.697. The quantitative estimate of drug-likeness (QED) is 0.608. The van der Waals surface area contributed by atoms with Gasteiger partial charge in [0.1, 0.15) is 0 Å². The number of rotatable bonds is 1. The summed E-state index contributed by atoms with van der Waals surface area (Å²) in [4.78, 5) is 10.6. The van der Waals surface area contributed by atoms with E-state index >= 15 is 0 Å². The second-order valence-corrected chi connectivity index (χ2v) is 3.71. The standard InChI is InChI=1S/C8H9NO2/c9-4-8-1-5(2-8)6(3-8)7(10)11/h5-6H,1-3H2,(H,10,11). The fourth-order valence-electron chi connectivity index (χ4n) is 2.41. The molecule has 0 saturated heterocycles. The number of fused-ring (bicyclic) bond motifs is 1. The fourth-order valence-corrected chi connectivity index (χ4v) is 2.41. The molecule has 0 aromatic rings. The van der Waals surface area contributed by atoms with Crippen molar-refractivity contribution in [1.82, 2.24) is 0 Å². The van der Waals surface area contributed by atoms with Crippen molar-refractivity contribution in [3.05, 3.63) is 0 Å². The van der Waals surface area contributed by atoms with E-state index in [9.17, 15) is 4.79 Å². The van der Waals surface area contributed by atoms with E-state index in [0.717, 1.165) is 12.8 Å². The maximum absolute atomic E-state index is 10.6. The maximum atomic E-state index is 10.6. The number of carboxylic acids is 1. The summed E-state index contributed by atoms with van der Waals surface area (Å²) in [5.74, 6) is -0.647. The van der Waals surface area contributed by atoms with Crippen molar-refractivity contribution >= 4 is 5.97 Å². The Hall–Kier alpha value is -1.04. The van der Waals surface area contributed by atoms with Crippen LogP contribution in [0.2, 0.25) is 0 Å². The van der Waals surface area contributed by atoms with E-state index in [-0.39, 0.29) is 11.3 Å². The molecule has 11 heavy (non-hydrogen) atoms. The molecule has 3 heteroatoms. The highest BCUT2D eigenvalue weighted by atomic mass is 16.4. The van der Waals surface area contributed by atoms with E-state index in [4.69, 9.17) is 10.4 Å². The minimum atomic E-state index is -0.718. The van der Waals surface area contributed by atoms with Crippen LogP contribution in [0.3, 0.4) is 0 Å². The Labute approximate surface area is 64.6 Å². The van der Waals surface area contributed by atoms with Gasteiger partial charge in [0, 0.05) is 0 Å². The average molecular weight is 151 g/mol. The lowest BCUT2D eigenvalue weighted by molar-refractivity contribution is -0.142. The Kier molecular flexibility index (Phi) is 1.07. The van der Waals surface area contributed by atoms with Crippen molar-refractivity contribution in [2.45, 2.75) is 19.3 Å². The lowest BCUT2D eigenvalue weighted by atomic mass is 9.70. The van der Waals surface area contributed by atoms with Crippen LogP contribution in [0.5, 0.6) is 0 Å². The van der Waals surface area contributed by atoms with Gasteiger partial charge in [-0.05, 0) is 25.2 Å². The molecular weight excluding hydrogens is 142 g/mol. The van der Waals surface area contributed by atoms with Gasteiger partial charge >= 0.3 is 5.97 Å². The summed E-state index contributed by atoms with van der Waals surface area (Å²) >= 11 is 0. The van der Waals surface area contributed by atoms with Gasteiger partial charge in [0.05, 0.1) is 17.4 Å². The number of nitriles is 1. The van der Waals surface area contributed by atoms with Crippen LogP contribution in [-0.4, -0.2) is 11.1 Å². The molecule has 3 aliphatic rings. The SMILES string of the molecule is N#CC12CC(C1)C(C(=O)O)C2. The second kappa shape index (κ2) is 1.76. The molecule has 0 heterocycles. The first kappa shape index (κ1) is 6.66. The Morgan fingerprint density at radius 3 is 2.45 bits per heavy atom. The molecule has 0 radical (unpaired) electrons. The highest BCUT2D eigenvalue weighted by Crippen LogP contribution is 2.61. The summed E-state index contributed by atoms with van der Waals surface area (Å²) in [6.07, 6.45) is 2.23. The number of nitrogens with zero attached hydrogens (tertiary/aromatic N) is 1. The van der Waals surface area contributed by atoms with Gasteiger partial charge in [-0.1, -0.05) is 0 Å². The molecule has 3 rings (SSSR count). The van der Waals surface area contributed by atoms with Gasteiger partial charge in [0.25, 0.3) is 0 Å². The zero-order valence-corrected chi connectivity index (χ0v) is 6.08. The third-order valence-corrected chi connectivity index (χ3v) is 3.04. The summed E-state index contributed by atoms with van der Waals surface area (Å²) in [6, 6.07) is 2.23. The van der Waals surface area contributed by atoms with Crippen molar-refractivity contribution in [2.24, 2.45) is 17.3 Å². The third-order valence-electron chi connectivity index (χ3n) is 3.04. The second-order valence-electron chi connectivity index (χ2n) is 3.71. The Balaban J connectivity index is 2.15. The van der Waals surface area contributed by atoms with Gasteiger partial charge in [0.2, 0.25) is 0 Å². The van der Waals surface area contributed by atoms with E-state index in [0.29, 0.717) is 12.3 Å². The van der Waals surface area contributed by atoms with Crippen molar-refractivity contribution in [1.29, 1.82) is 5.26 Å². The smallest absolute Gasteiger partial charge is 0.306 e. The molecule has 3 saturated carbocycles. The van der Waals surface area contributed by atoms with Gasteiger partial charge in [-0.15, -0.1) is 0 Å². The molecule has 0 amide bonds. The number of carbonyl (C=O) groups is 1. The molecule has 2 bridgehead atoms. The predicted octanol–water partition coefficient (Wildman–Crippen LogP) is 1.01. The molecule has 3 nitrogen and oxygen atoms in total. The normalized spacial score (nSPS) is 46.1. The molecule has 1 N–H and O–H groups in total. The van der Waals surface area contributed by atoms with E-state index in [1.54, 1.807) is 0 Å². The molecule has 0 aromatic heterocycles. The molecule has 3 aliphatic carbocycles. The van der Waals surface area contributed by atoms with Crippen LogP contribution in [0.15, 0.2) is 0 Å². The van der Waals surface area contributed by atoms with Crippen LogP contribution in [-0.2, 0) is 4.79 Å². The van der Waals surface area contributed by atoms with Crippen LogP contribution in [0.25, 0.3) is 0 Å². The van der Waals surface area contributed by atoms with Crippen LogP contribution in [0, 0.1) is 28.6 Å².